The summed E-state index contributed by atoms with van der Waals surface area (Å²) >= 11 is 0. The summed E-state index contributed by atoms with van der Waals surface area (Å²) in [6, 6.07) is 0. The minimum atomic E-state index is -1.82. The lowest BCUT2D eigenvalue weighted by molar-refractivity contribution is -0.159. The Labute approximate surface area is 116 Å². The summed E-state index contributed by atoms with van der Waals surface area (Å²) < 4.78 is 0. The topological polar surface area (TPSA) is 170 Å². The molecule has 9 heteroatoms. The SMILES string of the molecule is CC(C)(N)C(=O)O.O=C(O)C(=O)O.OC1CCNCC1. The molecule has 1 heterocycles. The maximum absolute atomic E-state index is 9.90. The van der Waals surface area contributed by atoms with Crippen LogP contribution in [0.5, 0.6) is 0 Å². The first-order valence-electron chi connectivity index (χ1n) is 5.85. The molecule has 0 bridgehead atoms. The van der Waals surface area contributed by atoms with Gasteiger partial charge in [-0.25, -0.2) is 9.59 Å². The predicted octanol–water partition coefficient (Wildman–Crippen LogP) is -1.31. The van der Waals surface area contributed by atoms with E-state index in [9.17, 15) is 4.79 Å². The van der Waals surface area contributed by atoms with E-state index < -0.39 is 23.4 Å². The Morgan fingerprint density at radius 2 is 1.35 bits per heavy atom. The first kappa shape index (κ1) is 20.6. The van der Waals surface area contributed by atoms with E-state index in [1.165, 1.54) is 13.8 Å². The largest absolute Gasteiger partial charge is 0.480 e. The van der Waals surface area contributed by atoms with Crippen LogP contribution in [0.4, 0.5) is 0 Å². The number of aliphatic carboxylic acids is 3. The number of carboxylic acids is 3. The summed E-state index contributed by atoms with van der Waals surface area (Å²) in [6.45, 7) is 4.85. The minimum absolute atomic E-state index is 0.0266. The first-order valence-corrected chi connectivity index (χ1v) is 5.85. The summed E-state index contributed by atoms with van der Waals surface area (Å²) in [7, 11) is 0. The number of nitrogens with two attached hydrogens (primary N) is 1. The van der Waals surface area contributed by atoms with Crippen molar-refractivity contribution in [2.75, 3.05) is 13.1 Å². The summed E-state index contributed by atoms with van der Waals surface area (Å²) in [5, 5.41) is 34.9. The molecule has 0 atom stereocenters. The van der Waals surface area contributed by atoms with Crippen molar-refractivity contribution >= 4 is 17.9 Å². The van der Waals surface area contributed by atoms with Crippen LogP contribution in [-0.4, -0.2) is 63.1 Å². The van der Waals surface area contributed by atoms with E-state index in [2.05, 4.69) is 5.32 Å². The molecule has 0 aromatic carbocycles. The zero-order chi connectivity index (χ0) is 16.3. The van der Waals surface area contributed by atoms with Crippen molar-refractivity contribution in [2.45, 2.75) is 38.3 Å². The Morgan fingerprint density at radius 1 is 1.05 bits per heavy atom. The van der Waals surface area contributed by atoms with Crippen LogP contribution in [0, 0.1) is 0 Å². The number of piperidine rings is 1. The minimum Gasteiger partial charge on any atom is -0.480 e. The Balaban J connectivity index is 0. The lowest BCUT2D eigenvalue weighted by Gasteiger charge is -2.16. The molecule has 1 aliphatic heterocycles. The quantitative estimate of drug-likeness (QED) is 0.321. The highest BCUT2D eigenvalue weighted by atomic mass is 16.4. The maximum atomic E-state index is 9.90. The zero-order valence-electron chi connectivity index (χ0n) is 11.5. The van der Waals surface area contributed by atoms with Crippen molar-refractivity contribution in [3.63, 3.8) is 0 Å². The number of carboxylic acid groups (broad SMARTS) is 3. The maximum Gasteiger partial charge on any atom is 0.414 e. The van der Waals surface area contributed by atoms with Gasteiger partial charge in [0.1, 0.15) is 5.54 Å². The van der Waals surface area contributed by atoms with Gasteiger partial charge in [0.05, 0.1) is 6.10 Å². The molecule has 0 aliphatic carbocycles. The molecule has 0 amide bonds. The summed E-state index contributed by atoms with van der Waals surface area (Å²) in [6.07, 6.45) is 1.83. The van der Waals surface area contributed by atoms with Crippen molar-refractivity contribution in [2.24, 2.45) is 5.73 Å². The van der Waals surface area contributed by atoms with Crippen LogP contribution in [0.25, 0.3) is 0 Å². The van der Waals surface area contributed by atoms with Gasteiger partial charge in [0.15, 0.2) is 0 Å². The molecule has 20 heavy (non-hydrogen) atoms. The van der Waals surface area contributed by atoms with Gasteiger partial charge in [-0.2, -0.15) is 0 Å². The second-order valence-corrected chi connectivity index (χ2v) is 4.62. The molecule has 0 radical (unpaired) electrons. The molecule has 0 saturated carbocycles. The number of nitrogens with one attached hydrogen (secondary N) is 1. The van der Waals surface area contributed by atoms with Gasteiger partial charge in [0.25, 0.3) is 0 Å². The molecule has 1 aliphatic rings. The number of rotatable bonds is 1. The monoisotopic (exact) mass is 294 g/mol. The van der Waals surface area contributed by atoms with Crippen LogP contribution in [0.3, 0.4) is 0 Å². The fourth-order valence-electron chi connectivity index (χ4n) is 0.807. The molecular weight excluding hydrogens is 272 g/mol. The Morgan fingerprint density at radius 3 is 1.45 bits per heavy atom. The predicted molar refractivity (Wildman–Crippen MR) is 69.3 cm³/mol. The molecule has 118 valence electrons. The normalized spacial score (nSPS) is 15.0. The highest BCUT2D eigenvalue weighted by molar-refractivity contribution is 6.27. The van der Waals surface area contributed by atoms with Gasteiger partial charge in [-0.1, -0.05) is 0 Å². The third kappa shape index (κ3) is 14.4. The molecule has 9 nitrogen and oxygen atoms in total. The Bertz CT molecular complexity index is 307. The van der Waals surface area contributed by atoms with Gasteiger partial charge in [-0.05, 0) is 39.8 Å². The Hall–Kier alpha value is -1.71. The molecule has 1 rings (SSSR count). The molecule has 0 aromatic heterocycles. The zero-order valence-corrected chi connectivity index (χ0v) is 11.5. The molecule has 1 fully saturated rings. The van der Waals surface area contributed by atoms with Gasteiger partial charge >= 0.3 is 17.9 Å². The number of hydrogen-bond acceptors (Lipinski definition) is 6. The molecule has 7 N–H and O–H groups in total. The summed E-state index contributed by atoms with van der Waals surface area (Å²) in [5.41, 5.74) is 4.00. The third-order valence-corrected chi connectivity index (χ3v) is 2.04. The van der Waals surface area contributed by atoms with E-state index >= 15 is 0 Å². The fraction of sp³-hybridized carbons (Fsp3) is 0.727. The summed E-state index contributed by atoms with van der Waals surface area (Å²) in [5.74, 6) is -4.63. The highest BCUT2D eigenvalue weighted by Crippen LogP contribution is 1.99. The second kappa shape index (κ2) is 10.1. The first-order chi connectivity index (χ1) is 8.98. The van der Waals surface area contributed by atoms with Crippen LogP contribution in [0.2, 0.25) is 0 Å². The van der Waals surface area contributed by atoms with Crippen LogP contribution in [0.15, 0.2) is 0 Å². The van der Waals surface area contributed by atoms with Crippen LogP contribution in [0.1, 0.15) is 26.7 Å². The fourth-order valence-corrected chi connectivity index (χ4v) is 0.807. The van der Waals surface area contributed by atoms with E-state index in [1.807, 2.05) is 0 Å². The molecule has 0 unspecified atom stereocenters. The van der Waals surface area contributed by atoms with Gasteiger partial charge < -0.3 is 31.5 Å². The van der Waals surface area contributed by atoms with Crippen LogP contribution < -0.4 is 11.1 Å². The van der Waals surface area contributed by atoms with Crippen molar-refractivity contribution in [1.82, 2.24) is 5.32 Å². The number of aliphatic hydroxyl groups excluding tert-OH is 1. The van der Waals surface area contributed by atoms with Gasteiger partial charge in [0.2, 0.25) is 0 Å². The highest BCUT2D eigenvalue weighted by Gasteiger charge is 2.19. The van der Waals surface area contributed by atoms with Gasteiger partial charge in [-0.15, -0.1) is 0 Å². The van der Waals surface area contributed by atoms with Gasteiger partial charge in [-0.3, -0.25) is 4.79 Å². The third-order valence-electron chi connectivity index (χ3n) is 2.04. The van der Waals surface area contributed by atoms with Gasteiger partial charge in [0, 0.05) is 0 Å². The number of aliphatic hydroxyl groups is 1. The average molecular weight is 294 g/mol. The smallest absolute Gasteiger partial charge is 0.414 e. The van der Waals surface area contributed by atoms with E-state index in [1.54, 1.807) is 0 Å². The summed E-state index contributed by atoms with van der Waals surface area (Å²) in [4.78, 5) is 28.1. The van der Waals surface area contributed by atoms with Crippen molar-refractivity contribution in [1.29, 1.82) is 0 Å². The molecule has 1 saturated heterocycles. The number of carbonyl (C=O) groups is 3. The lowest BCUT2D eigenvalue weighted by atomic mass is 10.1. The average Bonchev–Trinajstić information content (AvgIpc) is 2.30. The van der Waals surface area contributed by atoms with E-state index in [4.69, 9.17) is 35.7 Å². The van der Waals surface area contributed by atoms with E-state index in [0.717, 1.165) is 25.9 Å². The van der Waals surface area contributed by atoms with E-state index in [0.29, 0.717) is 0 Å². The lowest BCUT2D eigenvalue weighted by Crippen LogP contribution is -2.41. The van der Waals surface area contributed by atoms with E-state index in [-0.39, 0.29) is 6.10 Å². The van der Waals surface area contributed by atoms with Crippen LogP contribution in [-0.2, 0) is 14.4 Å². The standard InChI is InChI=1S/C5H11NO.C4H9NO2.C2H2O4/c7-5-1-3-6-4-2-5;1-4(2,5)3(6)7;3-1(4)2(5)6/h5-7H,1-4H2;5H2,1-2H3,(H,6,7);(H,3,4)(H,5,6). The second-order valence-electron chi connectivity index (χ2n) is 4.62. The van der Waals surface area contributed by atoms with Crippen molar-refractivity contribution in [3.05, 3.63) is 0 Å². The molecular formula is C11H22N2O7. The Kier molecular flexibility index (Phi) is 10.4. The number of hydrogen-bond donors (Lipinski definition) is 6. The van der Waals surface area contributed by atoms with Crippen molar-refractivity contribution < 1.29 is 34.8 Å². The van der Waals surface area contributed by atoms with Crippen molar-refractivity contribution in [3.8, 4) is 0 Å². The molecule has 0 aromatic rings. The molecule has 0 spiro atoms. The van der Waals surface area contributed by atoms with Crippen LogP contribution >= 0.6 is 0 Å².